The van der Waals surface area contributed by atoms with E-state index in [1.807, 2.05) is 0 Å². The van der Waals surface area contributed by atoms with Gasteiger partial charge < -0.3 is 9.52 Å². The third-order valence-electron chi connectivity index (χ3n) is 4.37. The third-order valence-corrected chi connectivity index (χ3v) is 4.95. The molecule has 7 nitrogen and oxygen atoms in total. The maximum Gasteiger partial charge on any atom is 0.337 e. The number of aromatic carboxylic acids is 1. The van der Waals surface area contributed by atoms with Crippen LogP contribution in [-0.4, -0.2) is 22.9 Å². The van der Waals surface area contributed by atoms with Gasteiger partial charge in [-0.25, -0.2) is 9.80 Å². The molecule has 0 bridgehead atoms. The van der Waals surface area contributed by atoms with Crippen LogP contribution in [0.3, 0.4) is 0 Å². The molecule has 1 aromatic heterocycles. The predicted molar refractivity (Wildman–Crippen MR) is 111 cm³/mol. The molecule has 2 aromatic carbocycles. The summed E-state index contributed by atoms with van der Waals surface area (Å²) in [4.78, 5) is 36.2. The summed E-state index contributed by atoms with van der Waals surface area (Å²) < 4.78 is 5.68. The van der Waals surface area contributed by atoms with Crippen molar-refractivity contribution in [2.75, 3.05) is 5.01 Å². The number of amides is 2. The molecule has 0 spiro atoms. The van der Waals surface area contributed by atoms with E-state index < -0.39 is 17.8 Å². The molecule has 0 unspecified atom stereocenters. The van der Waals surface area contributed by atoms with Gasteiger partial charge in [-0.05, 0) is 60.7 Å². The quantitative estimate of drug-likeness (QED) is 0.460. The SMILES string of the molecule is O=C1NN(c2ccc(Cl)cc2)C(=O)/C1=C\c1ccc(-c2ccc(Cl)c(C(=O)O)c2)o1. The fourth-order valence-corrected chi connectivity index (χ4v) is 3.22. The molecule has 1 aliphatic rings. The van der Waals surface area contributed by atoms with E-state index in [-0.39, 0.29) is 21.9 Å². The maximum absolute atomic E-state index is 12.7. The van der Waals surface area contributed by atoms with Gasteiger partial charge in [0.25, 0.3) is 11.8 Å². The zero-order valence-corrected chi connectivity index (χ0v) is 16.6. The van der Waals surface area contributed by atoms with Gasteiger partial charge >= 0.3 is 5.97 Å². The number of rotatable bonds is 4. The molecular weight excluding hydrogens is 431 g/mol. The number of carbonyl (C=O) groups is 3. The number of halogens is 2. The van der Waals surface area contributed by atoms with Crippen molar-refractivity contribution >= 4 is 52.7 Å². The molecule has 2 amide bonds. The first kappa shape index (κ1) is 19.8. The fourth-order valence-electron chi connectivity index (χ4n) is 2.90. The molecule has 3 aromatic rings. The number of carboxylic acid groups (broad SMARTS) is 1. The third kappa shape index (κ3) is 3.68. The molecule has 0 aliphatic carbocycles. The molecule has 4 rings (SSSR count). The van der Waals surface area contributed by atoms with Crippen molar-refractivity contribution in [1.29, 1.82) is 0 Å². The van der Waals surface area contributed by atoms with Crippen LogP contribution in [0.1, 0.15) is 16.1 Å². The Labute approximate surface area is 180 Å². The number of hydrazine groups is 1. The molecule has 0 radical (unpaired) electrons. The van der Waals surface area contributed by atoms with Gasteiger partial charge in [0.15, 0.2) is 0 Å². The molecule has 1 aliphatic heterocycles. The number of benzene rings is 2. The van der Waals surface area contributed by atoms with Crippen molar-refractivity contribution in [2.24, 2.45) is 0 Å². The number of hydrogen-bond donors (Lipinski definition) is 2. The fraction of sp³-hybridized carbons (Fsp3) is 0. The standard InChI is InChI=1S/C21H12Cl2N2O5/c22-12-2-4-13(5-3-12)25-20(27)16(19(26)24-25)10-14-6-8-18(30-14)11-1-7-17(23)15(9-11)21(28)29/h1-10H,(H,24,26)(H,28,29)/b16-10-. The van der Waals surface area contributed by atoms with Crippen LogP contribution in [0.5, 0.6) is 0 Å². The van der Waals surface area contributed by atoms with E-state index in [1.165, 1.54) is 18.2 Å². The molecular formula is C21H12Cl2N2O5. The number of nitrogens with zero attached hydrogens (tertiary/aromatic N) is 1. The topological polar surface area (TPSA) is 99.9 Å². The summed E-state index contributed by atoms with van der Waals surface area (Å²) in [5.41, 5.74) is 3.28. The summed E-state index contributed by atoms with van der Waals surface area (Å²) in [6.45, 7) is 0. The lowest BCUT2D eigenvalue weighted by molar-refractivity contribution is -0.117. The number of nitrogens with one attached hydrogen (secondary N) is 1. The second-order valence-corrected chi connectivity index (χ2v) is 7.16. The second kappa shape index (κ2) is 7.70. The van der Waals surface area contributed by atoms with Crippen molar-refractivity contribution in [2.45, 2.75) is 0 Å². The minimum atomic E-state index is -1.16. The predicted octanol–water partition coefficient (Wildman–Crippen LogP) is 4.41. The second-order valence-electron chi connectivity index (χ2n) is 6.32. The van der Waals surface area contributed by atoms with Crippen LogP contribution in [0.2, 0.25) is 10.0 Å². The summed E-state index contributed by atoms with van der Waals surface area (Å²) in [6.07, 6.45) is 1.32. The van der Waals surface area contributed by atoms with E-state index in [2.05, 4.69) is 5.43 Å². The normalized spacial score (nSPS) is 15.0. The first-order valence-corrected chi connectivity index (χ1v) is 9.35. The maximum atomic E-state index is 12.7. The van der Waals surface area contributed by atoms with Gasteiger partial charge in [-0.2, -0.15) is 0 Å². The molecule has 30 heavy (non-hydrogen) atoms. The first-order chi connectivity index (χ1) is 14.3. The highest BCUT2D eigenvalue weighted by atomic mass is 35.5. The lowest BCUT2D eigenvalue weighted by atomic mass is 10.1. The van der Waals surface area contributed by atoms with E-state index in [0.29, 0.717) is 22.0 Å². The number of carboxylic acids is 1. The zero-order chi connectivity index (χ0) is 21.4. The van der Waals surface area contributed by atoms with E-state index in [4.69, 9.17) is 27.6 Å². The first-order valence-electron chi connectivity index (χ1n) is 8.59. The molecule has 1 fully saturated rings. The number of furan rings is 1. The molecule has 9 heteroatoms. The lowest BCUT2D eigenvalue weighted by Gasteiger charge is -2.14. The minimum Gasteiger partial charge on any atom is -0.478 e. The van der Waals surface area contributed by atoms with Crippen molar-refractivity contribution in [3.8, 4) is 11.3 Å². The molecule has 0 saturated carbocycles. The zero-order valence-electron chi connectivity index (χ0n) is 15.1. The average molecular weight is 443 g/mol. The van der Waals surface area contributed by atoms with Crippen LogP contribution in [0.4, 0.5) is 5.69 Å². The van der Waals surface area contributed by atoms with Gasteiger partial charge in [-0.3, -0.25) is 15.0 Å². The Morgan fingerprint density at radius 3 is 2.47 bits per heavy atom. The summed E-state index contributed by atoms with van der Waals surface area (Å²) in [5, 5.41) is 10.9. The van der Waals surface area contributed by atoms with E-state index in [0.717, 1.165) is 5.01 Å². The molecule has 2 heterocycles. The Kier molecular flexibility index (Phi) is 5.07. The van der Waals surface area contributed by atoms with Gasteiger partial charge in [-0.15, -0.1) is 0 Å². The van der Waals surface area contributed by atoms with E-state index in [9.17, 15) is 19.5 Å². The Hall–Kier alpha value is -3.55. The number of hydrogen-bond acceptors (Lipinski definition) is 4. The van der Waals surface area contributed by atoms with Gasteiger partial charge in [0, 0.05) is 10.6 Å². The van der Waals surface area contributed by atoms with Crippen molar-refractivity contribution in [3.05, 3.63) is 81.5 Å². The largest absolute Gasteiger partial charge is 0.478 e. The van der Waals surface area contributed by atoms with Crippen molar-refractivity contribution < 1.29 is 23.9 Å². The number of carbonyl (C=O) groups excluding carboxylic acids is 2. The van der Waals surface area contributed by atoms with Crippen LogP contribution < -0.4 is 10.4 Å². The van der Waals surface area contributed by atoms with Crippen LogP contribution in [-0.2, 0) is 9.59 Å². The lowest BCUT2D eigenvalue weighted by Crippen LogP contribution is -2.35. The van der Waals surface area contributed by atoms with Gasteiger partial charge in [0.1, 0.15) is 17.1 Å². The molecule has 1 saturated heterocycles. The van der Waals surface area contributed by atoms with Crippen LogP contribution >= 0.6 is 23.2 Å². The average Bonchev–Trinajstić information content (AvgIpc) is 3.29. The highest BCUT2D eigenvalue weighted by Gasteiger charge is 2.34. The van der Waals surface area contributed by atoms with Crippen molar-refractivity contribution in [1.82, 2.24) is 5.43 Å². The van der Waals surface area contributed by atoms with Crippen LogP contribution in [0.25, 0.3) is 17.4 Å². The molecule has 0 atom stereocenters. The highest BCUT2D eigenvalue weighted by Crippen LogP contribution is 2.29. The summed E-state index contributed by atoms with van der Waals surface area (Å²) in [6, 6.07) is 14.1. The Balaban J connectivity index is 1.62. The summed E-state index contributed by atoms with van der Waals surface area (Å²) >= 11 is 11.7. The Bertz CT molecular complexity index is 1210. The molecule has 150 valence electrons. The highest BCUT2D eigenvalue weighted by molar-refractivity contribution is 6.33. The van der Waals surface area contributed by atoms with E-state index >= 15 is 0 Å². The van der Waals surface area contributed by atoms with Crippen LogP contribution in [0, 0.1) is 0 Å². The van der Waals surface area contributed by atoms with Gasteiger partial charge in [-0.1, -0.05) is 23.2 Å². The van der Waals surface area contributed by atoms with Gasteiger partial charge in [0.05, 0.1) is 16.3 Å². The smallest absolute Gasteiger partial charge is 0.337 e. The summed E-state index contributed by atoms with van der Waals surface area (Å²) in [7, 11) is 0. The van der Waals surface area contributed by atoms with Gasteiger partial charge in [0.2, 0.25) is 0 Å². The number of anilines is 1. The Morgan fingerprint density at radius 1 is 1.03 bits per heavy atom. The van der Waals surface area contributed by atoms with Crippen molar-refractivity contribution in [3.63, 3.8) is 0 Å². The Morgan fingerprint density at radius 2 is 1.77 bits per heavy atom. The van der Waals surface area contributed by atoms with Crippen LogP contribution in [0.15, 0.2) is 64.6 Å². The molecule has 2 N–H and O–H groups in total. The van der Waals surface area contributed by atoms with E-state index in [1.54, 1.807) is 42.5 Å². The minimum absolute atomic E-state index is 0.0607. The summed E-state index contributed by atoms with van der Waals surface area (Å²) in [5.74, 6) is -1.66. The monoisotopic (exact) mass is 442 g/mol.